The molecule has 0 saturated heterocycles. The smallest absolute Gasteiger partial charge is 0.143 e. The minimum atomic E-state index is 0.0680. The number of aryl methyl sites for hydroxylation is 2. The van der Waals surface area contributed by atoms with E-state index in [1.807, 2.05) is 0 Å². The second-order valence-corrected chi connectivity index (χ2v) is 6.58. The van der Waals surface area contributed by atoms with Crippen LogP contribution in [0.1, 0.15) is 22.4 Å². The monoisotopic (exact) mass is 337 g/mol. The maximum Gasteiger partial charge on any atom is 0.143 e. The van der Waals surface area contributed by atoms with Gasteiger partial charge in [0.2, 0.25) is 0 Å². The molecule has 3 rings (SSSR count). The lowest BCUT2D eigenvalue weighted by atomic mass is 10.0. The highest BCUT2D eigenvalue weighted by molar-refractivity contribution is 7.99. The molecule has 5 heteroatoms. The number of anilines is 1. The Labute approximate surface area is 146 Å². The second kappa shape index (κ2) is 7.52. The van der Waals surface area contributed by atoms with Crippen LogP contribution in [-0.2, 0) is 0 Å². The topological polar surface area (TPSA) is 58.0 Å². The number of thioether (sulfide) groups is 1. The standard InChI is InChI=1S/C19H19N3OS/c1-13-3-4-14(2)16(11-13)6-5-15-7-10-24-18-17(15)21-12-22-19(18)20-8-9-23/h3-4,7,11-12,23H,8-10H2,1-2H3,(H,20,21,22). The number of rotatable bonds is 3. The molecule has 1 aromatic carbocycles. The molecule has 0 spiro atoms. The number of aliphatic hydroxyl groups is 1. The third-order valence-corrected chi connectivity index (χ3v) is 4.71. The maximum absolute atomic E-state index is 9.00. The van der Waals surface area contributed by atoms with Crippen LogP contribution < -0.4 is 5.32 Å². The van der Waals surface area contributed by atoms with E-state index in [1.165, 1.54) is 17.5 Å². The average Bonchev–Trinajstić information content (AvgIpc) is 2.60. The van der Waals surface area contributed by atoms with E-state index in [0.29, 0.717) is 6.54 Å². The van der Waals surface area contributed by atoms with Crippen LogP contribution in [-0.4, -0.2) is 34.0 Å². The number of fused-ring (bicyclic) bond motifs is 1. The van der Waals surface area contributed by atoms with E-state index >= 15 is 0 Å². The molecule has 0 amide bonds. The lowest BCUT2D eigenvalue weighted by Crippen LogP contribution is -2.10. The maximum atomic E-state index is 9.00. The fourth-order valence-corrected chi connectivity index (χ4v) is 3.40. The number of benzene rings is 1. The van der Waals surface area contributed by atoms with Gasteiger partial charge in [-0.25, -0.2) is 9.97 Å². The number of aromatic nitrogens is 2. The van der Waals surface area contributed by atoms with Crippen molar-refractivity contribution in [2.45, 2.75) is 18.7 Å². The molecule has 24 heavy (non-hydrogen) atoms. The molecule has 0 fully saturated rings. The molecule has 2 aromatic rings. The highest BCUT2D eigenvalue weighted by Crippen LogP contribution is 2.35. The summed E-state index contributed by atoms with van der Waals surface area (Å²) in [5, 5.41) is 12.1. The zero-order valence-electron chi connectivity index (χ0n) is 13.8. The Morgan fingerprint density at radius 2 is 2.12 bits per heavy atom. The Kier molecular flexibility index (Phi) is 5.19. The van der Waals surface area contributed by atoms with Crippen molar-refractivity contribution in [2.75, 3.05) is 24.2 Å². The molecule has 1 aliphatic heterocycles. The van der Waals surface area contributed by atoms with Gasteiger partial charge in [0.25, 0.3) is 0 Å². The van der Waals surface area contributed by atoms with Crippen LogP contribution in [0.5, 0.6) is 0 Å². The summed E-state index contributed by atoms with van der Waals surface area (Å²) in [7, 11) is 0. The minimum absolute atomic E-state index is 0.0680. The molecule has 0 aliphatic carbocycles. The highest BCUT2D eigenvalue weighted by atomic mass is 32.2. The second-order valence-electron chi connectivity index (χ2n) is 5.55. The van der Waals surface area contributed by atoms with E-state index in [0.717, 1.165) is 33.3 Å². The van der Waals surface area contributed by atoms with Gasteiger partial charge in [0, 0.05) is 23.4 Å². The fraction of sp³-hybridized carbons (Fsp3) is 0.263. The first-order valence-electron chi connectivity index (χ1n) is 7.81. The number of nitrogens with one attached hydrogen (secondary N) is 1. The molecule has 1 aliphatic rings. The van der Waals surface area contributed by atoms with E-state index in [1.54, 1.807) is 11.8 Å². The van der Waals surface area contributed by atoms with Gasteiger partial charge in [-0.05, 0) is 31.0 Å². The highest BCUT2D eigenvalue weighted by Gasteiger charge is 2.17. The first-order chi connectivity index (χ1) is 11.7. The predicted molar refractivity (Wildman–Crippen MR) is 99.1 cm³/mol. The number of hydrogen-bond donors (Lipinski definition) is 2. The van der Waals surface area contributed by atoms with Crippen LogP contribution in [0.25, 0.3) is 5.57 Å². The summed E-state index contributed by atoms with van der Waals surface area (Å²) in [6.45, 7) is 4.68. The zero-order chi connectivity index (χ0) is 16.9. The molecule has 2 N–H and O–H groups in total. The van der Waals surface area contributed by atoms with Crippen LogP contribution in [0, 0.1) is 25.7 Å². The van der Waals surface area contributed by atoms with Crippen LogP contribution in [0.3, 0.4) is 0 Å². The van der Waals surface area contributed by atoms with E-state index in [9.17, 15) is 0 Å². The molecular weight excluding hydrogens is 318 g/mol. The van der Waals surface area contributed by atoms with Crippen molar-refractivity contribution in [1.29, 1.82) is 0 Å². The Balaban J connectivity index is 1.94. The SMILES string of the molecule is Cc1ccc(C)c(C#CC2=CCSc3c(NCCO)ncnc32)c1. The third-order valence-electron chi connectivity index (χ3n) is 3.70. The van der Waals surface area contributed by atoms with Gasteiger partial charge >= 0.3 is 0 Å². The first-order valence-corrected chi connectivity index (χ1v) is 8.80. The van der Waals surface area contributed by atoms with Gasteiger partial charge in [-0.1, -0.05) is 30.0 Å². The largest absolute Gasteiger partial charge is 0.395 e. The molecule has 0 radical (unpaired) electrons. The Morgan fingerprint density at radius 3 is 2.96 bits per heavy atom. The van der Waals surface area contributed by atoms with Gasteiger partial charge < -0.3 is 10.4 Å². The van der Waals surface area contributed by atoms with Crippen LogP contribution in [0.4, 0.5) is 5.82 Å². The van der Waals surface area contributed by atoms with Gasteiger partial charge in [0.05, 0.1) is 17.2 Å². The normalized spacial score (nSPS) is 12.7. The Bertz CT molecular complexity index is 849. The molecule has 1 aromatic heterocycles. The molecule has 0 atom stereocenters. The quantitative estimate of drug-likeness (QED) is 0.843. The van der Waals surface area contributed by atoms with Crippen LogP contribution in [0.15, 0.2) is 35.5 Å². The lowest BCUT2D eigenvalue weighted by molar-refractivity contribution is 0.311. The third kappa shape index (κ3) is 3.61. The van der Waals surface area contributed by atoms with Crippen molar-refractivity contribution in [3.05, 3.63) is 53.0 Å². The Morgan fingerprint density at radius 1 is 1.25 bits per heavy atom. The van der Waals surface area contributed by atoms with Gasteiger partial charge in [0.15, 0.2) is 0 Å². The predicted octanol–water partition coefficient (Wildman–Crippen LogP) is 3.04. The van der Waals surface area contributed by atoms with Crippen LogP contribution in [0.2, 0.25) is 0 Å². The van der Waals surface area contributed by atoms with Crippen molar-refractivity contribution < 1.29 is 5.11 Å². The zero-order valence-corrected chi connectivity index (χ0v) is 14.6. The van der Waals surface area contributed by atoms with Crippen molar-refractivity contribution >= 4 is 23.2 Å². The summed E-state index contributed by atoms with van der Waals surface area (Å²) >= 11 is 1.68. The van der Waals surface area contributed by atoms with Crippen LogP contribution >= 0.6 is 11.8 Å². The summed E-state index contributed by atoms with van der Waals surface area (Å²) in [5.74, 6) is 8.15. The van der Waals surface area contributed by atoms with Crippen molar-refractivity contribution in [1.82, 2.24) is 9.97 Å². The number of aliphatic hydroxyl groups excluding tert-OH is 1. The Hall–Kier alpha value is -2.29. The molecule has 122 valence electrons. The summed E-state index contributed by atoms with van der Waals surface area (Å²) in [5.41, 5.74) is 5.21. The van der Waals surface area contributed by atoms with E-state index in [4.69, 9.17) is 5.11 Å². The molecule has 0 saturated carbocycles. The van der Waals surface area contributed by atoms with E-state index in [2.05, 4.69) is 65.2 Å². The van der Waals surface area contributed by atoms with Crippen molar-refractivity contribution in [3.8, 4) is 11.8 Å². The van der Waals surface area contributed by atoms with Gasteiger partial charge in [-0.2, -0.15) is 0 Å². The summed E-state index contributed by atoms with van der Waals surface area (Å²) in [4.78, 5) is 9.69. The molecular formula is C19H19N3OS. The molecule has 0 unspecified atom stereocenters. The number of allylic oxidation sites excluding steroid dienone is 1. The minimum Gasteiger partial charge on any atom is -0.395 e. The molecule has 0 bridgehead atoms. The lowest BCUT2D eigenvalue weighted by Gasteiger charge is -2.16. The van der Waals surface area contributed by atoms with Gasteiger partial charge in [-0.3, -0.25) is 0 Å². The first kappa shape index (κ1) is 16.6. The van der Waals surface area contributed by atoms with Gasteiger partial charge in [0.1, 0.15) is 12.1 Å². The number of nitrogens with zero attached hydrogens (tertiary/aromatic N) is 2. The van der Waals surface area contributed by atoms with Gasteiger partial charge in [-0.15, -0.1) is 11.8 Å². The molecule has 4 nitrogen and oxygen atoms in total. The molecule has 2 heterocycles. The van der Waals surface area contributed by atoms with E-state index in [-0.39, 0.29) is 6.61 Å². The number of hydrogen-bond acceptors (Lipinski definition) is 5. The summed E-state index contributed by atoms with van der Waals surface area (Å²) in [6.07, 6.45) is 3.64. The van der Waals surface area contributed by atoms with Crippen molar-refractivity contribution in [2.24, 2.45) is 0 Å². The fourth-order valence-electron chi connectivity index (χ4n) is 2.42. The summed E-state index contributed by atoms with van der Waals surface area (Å²) < 4.78 is 0. The average molecular weight is 337 g/mol. The van der Waals surface area contributed by atoms with E-state index < -0.39 is 0 Å². The summed E-state index contributed by atoms with van der Waals surface area (Å²) in [6, 6.07) is 6.30. The van der Waals surface area contributed by atoms with Crippen molar-refractivity contribution in [3.63, 3.8) is 0 Å².